The molecule has 2 unspecified atom stereocenters. The zero-order valence-electron chi connectivity index (χ0n) is 10.6. The van der Waals surface area contributed by atoms with Gasteiger partial charge in [-0.15, -0.1) is 0 Å². The van der Waals surface area contributed by atoms with Gasteiger partial charge in [0.25, 0.3) is 0 Å². The predicted molar refractivity (Wildman–Crippen MR) is 65.9 cm³/mol. The Hall–Kier alpha value is -0.650. The number of nitrogens with zero attached hydrogens (tertiary/aromatic N) is 1. The maximum atomic E-state index is 11.8. The second-order valence-corrected chi connectivity index (χ2v) is 4.90. The summed E-state index contributed by atoms with van der Waals surface area (Å²) < 4.78 is 5.53. The molecule has 98 valence electrons. The maximum absolute atomic E-state index is 11.8. The Kier molecular flexibility index (Phi) is 4.76. The predicted octanol–water partition coefficient (Wildman–Crippen LogP) is -0.425. The molecule has 0 saturated carbocycles. The summed E-state index contributed by atoms with van der Waals surface area (Å²) in [5, 5.41) is 6.28. The lowest BCUT2D eigenvalue weighted by molar-refractivity contribution is -0.131. The molecule has 2 heterocycles. The molecular formula is C12H23N3O2. The molecule has 2 saturated heterocycles. The van der Waals surface area contributed by atoms with Crippen LogP contribution in [-0.4, -0.2) is 62.3 Å². The van der Waals surface area contributed by atoms with Crippen molar-refractivity contribution in [3.05, 3.63) is 0 Å². The number of carbonyl (C=O) groups excluding carboxylic acids is 1. The molecule has 0 aliphatic carbocycles. The normalized spacial score (nSPS) is 30.4. The first kappa shape index (κ1) is 12.8. The van der Waals surface area contributed by atoms with Crippen LogP contribution in [-0.2, 0) is 9.53 Å². The highest BCUT2D eigenvalue weighted by Crippen LogP contribution is 2.18. The van der Waals surface area contributed by atoms with Gasteiger partial charge in [-0.05, 0) is 19.8 Å². The number of carbonyl (C=O) groups is 1. The molecule has 2 N–H and O–H groups in total. The van der Waals surface area contributed by atoms with Gasteiger partial charge < -0.3 is 15.4 Å². The third kappa shape index (κ3) is 3.94. The largest absolute Gasteiger partial charge is 0.365 e. The van der Waals surface area contributed by atoms with Gasteiger partial charge in [-0.3, -0.25) is 9.69 Å². The summed E-state index contributed by atoms with van der Waals surface area (Å²) in [5.41, 5.74) is 0. The van der Waals surface area contributed by atoms with Crippen LogP contribution in [0, 0.1) is 0 Å². The molecule has 2 aliphatic heterocycles. The molecule has 0 radical (unpaired) electrons. The van der Waals surface area contributed by atoms with Crippen molar-refractivity contribution in [2.45, 2.75) is 32.0 Å². The van der Waals surface area contributed by atoms with E-state index in [-0.39, 0.29) is 18.1 Å². The SMILES string of the molecule is CC1CCC(C(=O)NCCN2CCNCC2)O1. The third-order valence-corrected chi connectivity index (χ3v) is 3.46. The van der Waals surface area contributed by atoms with Gasteiger partial charge in [-0.25, -0.2) is 0 Å². The van der Waals surface area contributed by atoms with E-state index in [9.17, 15) is 4.79 Å². The third-order valence-electron chi connectivity index (χ3n) is 3.46. The highest BCUT2D eigenvalue weighted by molar-refractivity contribution is 5.80. The Balaban J connectivity index is 1.59. The number of amides is 1. The standard InChI is InChI=1S/C12H23N3O2/c1-10-2-3-11(17-10)12(16)14-6-9-15-7-4-13-5-8-15/h10-11,13H,2-9H2,1H3,(H,14,16). The van der Waals surface area contributed by atoms with Crippen LogP contribution in [0.25, 0.3) is 0 Å². The maximum Gasteiger partial charge on any atom is 0.249 e. The van der Waals surface area contributed by atoms with E-state index < -0.39 is 0 Å². The van der Waals surface area contributed by atoms with Gasteiger partial charge in [0.05, 0.1) is 6.10 Å². The van der Waals surface area contributed by atoms with E-state index in [0.29, 0.717) is 0 Å². The monoisotopic (exact) mass is 241 g/mol. The quantitative estimate of drug-likeness (QED) is 0.701. The van der Waals surface area contributed by atoms with Crippen molar-refractivity contribution in [3.8, 4) is 0 Å². The number of piperazine rings is 1. The fourth-order valence-corrected chi connectivity index (χ4v) is 2.38. The molecule has 0 aromatic rings. The Bertz CT molecular complexity index is 254. The van der Waals surface area contributed by atoms with E-state index in [4.69, 9.17) is 4.74 Å². The van der Waals surface area contributed by atoms with Crippen LogP contribution in [0.5, 0.6) is 0 Å². The summed E-state index contributed by atoms with van der Waals surface area (Å²) >= 11 is 0. The van der Waals surface area contributed by atoms with E-state index in [0.717, 1.165) is 52.1 Å². The minimum atomic E-state index is -0.215. The van der Waals surface area contributed by atoms with Gasteiger partial charge in [0.2, 0.25) is 5.91 Å². The van der Waals surface area contributed by atoms with Crippen LogP contribution < -0.4 is 10.6 Å². The van der Waals surface area contributed by atoms with Crippen molar-refractivity contribution in [2.24, 2.45) is 0 Å². The Morgan fingerprint density at radius 3 is 2.82 bits per heavy atom. The van der Waals surface area contributed by atoms with Gasteiger partial charge >= 0.3 is 0 Å². The second kappa shape index (κ2) is 6.33. The molecule has 0 bridgehead atoms. The number of hydrogen-bond donors (Lipinski definition) is 2. The number of rotatable bonds is 4. The van der Waals surface area contributed by atoms with Gasteiger partial charge in [-0.2, -0.15) is 0 Å². The first-order valence-electron chi connectivity index (χ1n) is 6.62. The number of hydrogen-bond acceptors (Lipinski definition) is 4. The first-order chi connectivity index (χ1) is 8.25. The molecule has 2 atom stereocenters. The molecule has 1 amide bonds. The van der Waals surface area contributed by atoms with Crippen LogP contribution in [0.2, 0.25) is 0 Å². The van der Waals surface area contributed by atoms with Crippen LogP contribution >= 0.6 is 0 Å². The first-order valence-corrected chi connectivity index (χ1v) is 6.62. The Morgan fingerprint density at radius 2 is 2.18 bits per heavy atom. The summed E-state index contributed by atoms with van der Waals surface area (Å²) in [6, 6.07) is 0. The highest BCUT2D eigenvalue weighted by atomic mass is 16.5. The van der Waals surface area contributed by atoms with Crippen LogP contribution in [0.4, 0.5) is 0 Å². The lowest BCUT2D eigenvalue weighted by Gasteiger charge is -2.27. The van der Waals surface area contributed by atoms with Crippen molar-refractivity contribution in [2.75, 3.05) is 39.3 Å². The van der Waals surface area contributed by atoms with Crippen molar-refractivity contribution < 1.29 is 9.53 Å². The van der Waals surface area contributed by atoms with E-state index in [1.54, 1.807) is 0 Å². The van der Waals surface area contributed by atoms with Crippen LogP contribution in [0.1, 0.15) is 19.8 Å². The zero-order valence-corrected chi connectivity index (χ0v) is 10.6. The summed E-state index contributed by atoms with van der Waals surface area (Å²) in [5.74, 6) is 0.0597. The highest BCUT2D eigenvalue weighted by Gasteiger charge is 2.27. The molecule has 2 aliphatic rings. The van der Waals surface area contributed by atoms with Crippen molar-refractivity contribution in [1.29, 1.82) is 0 Å². The lowest BCUT2D eigenvalue weighted by atomic mass is 10.2. The topological polar surface area (TPSA) is 53.6 Å². The molecule has 2 rings (SSSR count). The number of ether oxygens (including phenoxy) is 1. The zero-order chi connectivity index (χ0) is 12.1. The summed E-state index contributed by atoms with van der Waals surface area (Å²) in [7, 11) is 0. The molecule has 5 heteroatoms. The van der Waals surface area contributed by atoms with Gasteiger partial charge in [0.15, 0.2) is 0 Å². The summed E-state index contributed by atoms with van der Waals surface area (Å²) in [6.45, 7) is 7.95. The fraction of sp³-hybridized carbons (Fsp3) is 0.917. The van der Waals surface area contributed by atoms with E-state index >= 15 is 0 Å². The summed E-state index contributed by atoms with van der Waals surface area (Å²) in [4.78, 5) is 14.1. The molecule has 5 nitrogen and oxygen atoms in total. The van der Waals surface area contributed by atoms with E-state index in [1.165, 1.54) is 0 Å². The summed E-state index contributed by atoms with van der Waals surface area (Å²) in [6.07, 6.45) is 1.88. The Labute approximate surface area is 103 Å². The molecule has 0 aromatic heterocycles. The van der Waals surface area contributed by atoms with Gasteiger partial charge in [-0.1, -0.05) is 0 Å². The minimum absolute atomic E-state index is 0.0597. The van der Waals surface area contributed by atoms with Gasteiger partial charge in [0, 0.05) is 39.3 Å². The average molecular weight is 241 g/mol. The lowest BCUT2D eigenvalue weighted by Crippen LogP contribution is -2.47. The second-order valence-electron chi connectivity index (χ2n) is 4.90. The average Bonchev–Trinajstić information content (AvgIpc) is 2.77. The molecule has 17 heavy (non-hydrogen) atoms. The molecule has 2 fully saturated rings. The minimum Gasteiger partial charge on any atom is -0.365 e. The van der Waals surface area contributed by atoms with Crippen molar-refractivity contribution in [3.63, 3.8) is 0 Å². The fourth-order valence-electron chi connectivity index (χ4n) is 2.38. The van der Waals surface area contributed by atoms with E-state index in [1.807, 2.05) is 6.92 Å². The molecule has 0 spiro atoms. The smallest absolute Gasteiger partial charge is 0.249 e. The number of nitrogens with one attached hydrogen (secondary N) is 2. The van der Waals surface area contributed by atoms with Crippen molar-refractivity contribution in [1.82, 2.24) is 15.5 Å². The van der Waals surface area contributed by atoms with Crippen LogP contribution in [0.3, 0.4) is 0 Å². The van der Waals surface area contributed by atoms with Crippen LogP contribution in [0.15, 0.2) is 0 Å². The molecule has 0 aromatic carbocycles. The molecular weight excluding hydrogens is 218 g/mol. The van der Waals surface area contributed by atoms with Gasteiger partial charge in [0.1, 0.15) is 6.10 Å². The van der Waals surface area contributed by atoms with E-state index in [2.05, 4.69) is 15.5 Å². The van der Waals surface area contributed by atoms with Crippen molar-refractivity contribution >= 4 is 5.91 Å². The Morgan fingerprint density at radius 1 is 1.41 bits per heavy atom.